The Bertz CT molecular complexity index is 1100. The highest BCUT2D eigenvalue weighted by Crippen LogP contribution is 2.34. The molecule has 7 heteroatoms. The van der Waals surface area contributed by atoms with Crippen LogP contribution in [-0.2, 0) is 4.79 Å². The Kier molecular flexibility index (Phi) is 5.32. The minimum atomic E-state index is -0.0865. The van der Waals surface area contributed by atoms with E-state index >= 15 is 0 Å². The third kappa shape index (κ3) is 4.01. The molecule has 0 bridgehead atoms. The van der Waals surface area contributed by atoms with Crippen molar-refractivity contribution >= 4 is 39.9 Å². The van der Waals surface area contributed by atoms with Crippen LogP contribution in [0.1, 0.15) is 24.0 Å². The molecule has 3 heterocycles. The number of rotatable bonds is 3. The fraction of sp³-hybridized carbons (Fsp3) is 0.273. The van der Waals surface area contributed by atoms with Crippen molar-refractivity contribution in [1.29, 1.82) is 5.26 Å². The number of amides is 1. The minimum Gasteiger partial charge on any atom is -0.370 e. The van der Waals surface area contributed by atoms with Crippen molar-refractivity contribution in [3.05, 3.63) is 58.9 Å². The van der Waals surface area contributed by atoms with Crippen molar-refractivity contribution in [2.45, 2.75) is 19.8 Å². The molecule has 1 fully saturated rings. The number of carbonyl (C=O) groups is 1. The van der Waals surface area contributed by atoms with Crippen LogP contribution >= 0.6 is 11.6 Å². The molecule has 0 saturated carbocycles. The van der Waals surface area contributed by atoms with Crippen molar-refractivity contribution < 1.29 is 4.79 Å². The summed E-state index contributed by atoms with van der Waals surface area (Å²) in [6.45, 7) is 3.32. The molecule has 2 aromatic heterocycles. The SMILES string of the molecule is Cc1ccc(NC(=O)C2CCN(c3c(C#N)cnc4ccc(Cl)cc34)CC2)nc1. The number of hydrogen-bond acceptors (Lipinski definition) is 5. The number of anilines is 2. The maximum absolute atomic E-state index is 12.6. The molecule has 1 aliphatic rings. The lowest BCUT2D eigenvalue weighted by atomic mass is 9.94. The number of aryl methyl sites for hydroxylation is 1. The number of nitrogens with zero attached hydrogens (tertiary/aromatic N) is 4. The predicted molar refractivity (Wildman–Crippen MR) is 114 cm³/mol. The quantitative estimate of drug-likeness (QED) is 0.701. The van der Waals surface area contributed by atoms with E-state index in [-0.39, 0.29) is 11.8 Å². The molecule has 29 heavy (non-hydrogen) atoms. The number of nitriles is 1. The van der Waals surface area contributed by atoms with E-state index in [1.54, 1.807) is 18.5 Å². The van der Waals surface area contributed by atoms with Gasteiger partial charge in [0.05, 0.1) is 16.8 Å². The first-order chi connectivity index (χ1) is 14.0. The van der Waals surface area contributed by atoms with E-state index in [0.717, 1.165) is 22.2 Å². The van der Waals surface area contributed by atoms with Crippen molar-refractivity contribution in [2.75, 3.05) is 23.3 Å². The Labute approximate surface area is 174 Å². The topological polar surface area (TPSA) is 81.9 Å². The maximum atomic E-state index is 12.6. The van der Waals surface area contributed by atoms with Crippen LogP contribution in [0, 0.1) is 24.2 Å². The highest BCUT2D eigenvalue weighted by Gasteiger charge is 2.27. The molecule has 146 valence electrons. The summed E-state index contributed by atoms with van der Waals surface area (Å²) >= 11 is 6.19. The molecular weight excluding hydrogens is 386 g/mol. The molecule has 0 spiro atoms. The normalized spacial score (nSPS) is 14.6. The lowest BCUT2D eigenvalue weighted by Gasteiger charge is -2.34. The fourth-order valence-corrected chi connectivity index (χ4v) is 3.88. The Balaban J connectivity index is 1.51. The van der Waals surface area contributed by atoms with Crippen molar-refractivity contribution in [1.82, 2.24) is 9.97 Å². The van der Waals surface area contributed by atoms with Crippen LogP contribution < -0.4 is 10.2 Å². The molecule has 4 rings (SSSR count). The van der Waals surface area contributed by atoms with Gasteiger partial charge < -0.3 is 10.2 Å². The second-order valence-corrected chi connectivity index (χ2v) is 7.70. The smallest absolute Gasteiger partial charge is 0.228 e. The second-order valence-electron chi connectivity index (χ2n) is 7.27. The highest BCUT2D eigenvalue weighted by atomic mass is 35.5. The average molecular weight is 406 g/mol. The Morgan fingerprint density at radius 1 is 1.21 bits per heavy atom. The molecule has 6 nitrogen and oxygen atoms in total. The zero-order valence-corrected chi connectivity index (χ0v) is 16.8. The first-order valence-corrected chi connectivity index (χ1v) is 9.90. The van der Waals surface area contributed by atoms with Gasteiger partial charge in [-0.15, -0.1) is 0 Å². The lowest BCUT2D eigenvalue weighted by Crippen LogP contribution is -2.38. The third-order valence-corrected chi connectivity index (χ3v) is 5.50. The second kappa shape index (κ2) is 8.06. The van der Waals surface area contributed by atoms with Crippen molar-refractivity contribution in [2.24, 2.45) is 5.92 Å². The predicted octanol–water partition coefficient (Wildman–Crippen LogP) is 4.32. The number of fused-ring (bicyclic) bond motifs is 1. The fourth-order valence-electron chi connectivity index (χ4n) is 3.71. The van der Waals surface area contributed by atoms with E-state index in [2.05, 4.69) is 26.3 Å². The molecular formula is C22H20ClN5O. The van der Waals surface area contributed by atoms with Gasteiger partial charge in [-0.25, -0.2) is 4.98 Å². The number of piperidine rings is 1. The van der Waals surface area contributed by atoms with Gasteiger partial charge in [0, 0.05) is 41.8 Å². The number of hydrogen-bond donors (Lipinski definition) is 1. The van der Waals surface area contributed by atoms with Gasteiger partial charge >= 0.3 is 0 Å². The van der Waals surface area contributed by atoms with Crippen LogP contribution in [0.2, 0.25) is 5.02 Å². The minimum absolute atomic E-state index is 0.0101. The summed E-state index contributed by atoms with van der Waals surface area (Å²) in [5.74, 6) is 0.477. The molecule has 1 N–H and O–H groups in total. The summed E-state index contributed by atoms with van der Waals surface area (Å²) in [6.07, 6.45) is 4.74. The van der Waals surface area contributed by atoms with E-state index in [1.807, 2.05) is 31.2 Å². The number of nitrogens with one attached hydrogen (secondary N) is 1. The summed E-state index contributed by atoms with van der Waals surface area (Å²) in [4.78, 5) is 23.4. The van der Waals surface area contributed by atoms with E-state index in [4.69, 9.17) is 11.6 Å². The number of aromatic nitrogens is 2. The first kappa shape index (κ1) is 19.2. The standard InChI is InChI=1S/C22H20ClN5O/c1-14-2-5-20(26-12-14)27-22(29)15-6-8-28(9-7-15)21-16(11-24)13-25-19-4-3-17(23)10-18(19)21/h2-5,10,12-13,15H,6-9H2,1H3,(H,26,27,29). The van der Waals surface area contributed by atoms with Gasteiger partial charge in [-0.3, -0.25) is 9.78 Å². The number of benzene rings is 1. The van der Waals surface area contributed by atoms with E-state index < -0.39 is 0 Å². The Morgan fingerprint density at radius 2 is 2.00 bits per heavy atom. The summed E-state index contributed by atoms with van der Waals surface area (Å²) in [5.41, 5.74) is 3.22. The van der Waals surface area contributed by atoms with Crippen LogP contribution in [0.3, 0.4) is 0 Å². The number of carbonyl (C=O) groups excluding carboxylic acids is 1. The molecule has 0 atom stereocenters. The summed E-state index contributed by atoms with van der Waals surface area (Å²) in [7, 11) is 0. The Morgan fingerprint density at radius 3 is 2.69 bits per heavy atom. The lowest BCUT2D eigenvalue weighted by molar-refractivity contribution is -0.120. The molecule has 1 aromatic carbocycles. The zero-order valence-electron chi connectivity index (χ0n) is 16.0. The molecule has 0 aliphatic carbocycles. The van der Waals surface area contributed by atoms with E-state index in [9.17, 15) is 10.1 Å². The molecule has 0 unspecified atom stereocenters. The van der Waals surface area contributed by atoms with E-state index in [0.29, 0.717) is 42.3 Å². The van der Waals surface area contributed by atoms with Crippen LogP contribution in [-0.4, -0.2) is 29.0 Å². The van der Waals surface area contributed by atoms with Gasteiger partial charge in [-0.2, -0.15) is 5.26 Å². The largest absolute Gasteiger partial charge is 0.370 e. The van der Waals surface area contributed by atoms with Gasteiger partial charge in [-0.05, 0) is 49.6 Å². The van der Waals surface area contributed by atoms with Gasteiger partial charge in [-0.1, -0.05) is 17.7 Å². The van der Waals surface area contributed by atoms with E-state index in [1.165, 1.54) is 0 Å². The van der Waals surface area contributed by atoms with Gasteiger partial charge in [0.15, 0.2) is 0 Å². The number of halogens is 1. The summed E-state index contributed by atoms with van der Waals surface area (Å²) in [5, 5.41) is 14.0. The molecule has 0 radical (unpaired) electrons. The van der Waals surface area contributed by atoms with Crippen molar-refractivity contribution in [3.63, 3.8) is 0 Å². The average Bonchev–Trinajstić information content (AvgIpc) is 2.74. The van der Waals surface area contributed by atoms with Crippen LogP contribution in [0.5, 0.6) is 0 Å². The highest BCUT2D eigenvalue weighted by molar-refractivity contribution is 6.31. The van der Waals surface area contributed by atoms with Crippen LogP contribution in [0.25, 0.3) is 10.9 Å². The van der Waals surface area contributed by atoms with Crippen molar-refractivity contribution in [3.8, 4) is 6.07 Å². The van der Waals surface area contributed by atoms with Crippen LogP contribution in [0.15, 0.2) is 42.7 Å². The monoisotopic (exact) mass is 405 g/mol. The molecule has 3 aromatic rings. The summed E-state index contributed by atoms with van der Waals surface area (Å²) in [6, 6.07) is 11.5. The maximum Gasteiger partial charge on any atom is 0.228 e. The van der Waals surface area contributed by atoms with Gasteiger partial charge in [0.2, 0.25) is 5.91 Å². The Hall–Kier alpha value is -3.17. The summed E-state index contributed by atoms with van der Waals surface area (Å²) < 4.78 is 0. The van der Waals surface area contributed by atoms with Gasteiger partial charge in [0.25, 0.3) is 0 Å². The first-order valence-electron chi connectivity index (χ1n) is 9.52. The third-order valence-electron chi connectivity index (χ3n) is 5.27. The molecule has 1 amide bonds. The zero-order chi connectivity index (χ0) is 20.4. The number of pyridine rings is 2. The molecule has 1 saturated heterocycles. The van der Waals surface area contributed by atoms with Gasteiger partial charge in [0.1, 0.15) is 11.9 Å². The van der Waals surface area contributed by atoms with Crippen LogP contribution in [0.4, 0.5) is 11.5 Å². The molecule has 1 aliphatic heterocycles.